The van der Waals surface area contributed by atoms with Crippen molar-refractivity contribution in [2.45, 2.75) is 13.8 Å². The first-order valence-corrected chi connectivity index (χ1v) is 10.1. The van der Waals surface area contributed by atoms with Crippen LogP contribution in [0.2, 0.25) is 10.0 Å². The highest BCUT2D eigenvalue weighted by Crippen LogP contribution is 2.37. The summed E-state index contributed by atoms with van der Waals surface area (Å²) in [4.78, 5) is 24.1. The average Bonchev–Trinajstić information content (AvgIpc) is 2.73. The van der Waals surface area contributed by atoms with Crippen molar-refractivity contribution in [1.29, 1.82) is 5.26 Å². The Hall–Kier alpha value is -3.21. The fourth-order valence-corrected chi connectivity index (χ4v) is 2.93. The molecule has 31 heavy (non-hydrogen) atoms. The van der Waals surface area contributed by atoms with Crippen LogP contribution in [0.15, 0.2) is 42.0 Å². The second-order valence-electron chi connectivity index (χ2n) is 5.96. The van der Waals surface area contributed by atoms with Gasteiger partial charge >= 0.3 is 5.97 Å². The molecule has 0 aliphatic carbocycles. The smallest absolute Gasteiger partial charge is 0.344 e. The van der Waals surface area contributed by atoms with Crippen LogP contribution in [0.3, 0.4) is 0 Å². The molecule has 0 aromatic heterocycles. The van der Waals surface area contributed by atoms with E-state index in [1.54, 1.807) is 44.2 Å². The largest absolute Gasteiger partial charge is 0.490 e. The normalized spacial score (nSPS) is 10.7. The molecule has 1 N–H and O–H groups in total. The molecule has 0 fully saturated rings. The fourth-order valence-electron chi connectivity index (χ4n) is 2.48. The van der Waals surface area contributed by atoms with E-state index in [4.69, 9.17) is 37.4 Å². The van der Waals surface area contributed by atoms with Crippen molar-refractivity contribution in [3.63, 3.8) is 0 Å². The maximum absolute atomic E-state index is 12.5. The van der Waals surface area contributed by atoms with Gasteiger partial charge in [0.05, 0.1) is 28.9 Å². The topological polar surface area (TPSA) is 97.7 Å². The number of benzene rings is 2. The zero-order valence-electron chi connectivity index (χ0n) is 16.9. The van der Waals surface area contributed by atoms with Crippen LogP contribution in [0.25, 0.3) is 6.08 Å². The highest BCUT2D eigenvalue weighted by Gasteiger charge is 2.16. The third-order valence-corrected chi connectivity index (χ3v) is 4.38. The Bertz CT molecular complexity index is 1030. The number of nitrogens with one attached hydrogen (secondary N) is 1. The van der Waals surface area contributed by atoms with Crippen molar-refractivity contribution in [2.24, 2.45) is 0 Å². The number of ether oxygens (including phenoxy) is 3. The predicted molar refractivity (Wildman–Crippen MR) is 118 cm³/mol. The number of carbonyl (C=O) groups excluding carboxylic acids is 2. The lowest BCUT2D eigenvalue weighted by atomic mass is 10.1. The predicted octanol–water partition coefficient (Wildman–Crippen LogP) is 4.88. The SMILES string of the molecule is CCOC(=O)COc1c(Cl)cc(/C=C(\C#N)C(=O)Nc2ccccc2Cl)cc1OCC. The zero-order valence-corrected chi connectivity index (χ0v) is 18.4. The van der Waals surface area contributed by atoms with Gasteiger partial charge in [0.2, 0.25) is 0 Å². The molecule has 2 rings (SSSR count). The zero-order chi connectivity index (χ0) is 22.8. The maximum Gasteiger partial charge on any atom is 0.344 e. The number of rotatable bonds is 9. The summed E-state index contributed by atoms with van der Waals surface area (Å²) in [5, 5.41) is 12.5. The van der Waals surface area contributed by atoms with Gasteiger partial charge in [-0.2, -0.15) is 5.26 Å². The summed E-state index contributed by atoms with van der Waals surface area (Å²) in [7, 11) is 0. The Morgan fingerprint density at radius 3 is 2.48 bits per heavy atom. The van der Waals surface area contributed by atoms with Crippen LogP contribution in [0.4, 0.5) is 5.69 Å². The van der Waals surface area contributed by atoms with Crippen LogP contribution in [0.1, 0.15) is 19.4 Å². The van der Waals surface area contributed by atoms with Crippen LogP contribution in [-0.4, -0.2) is 31.7 Å². The Labute approximate surface area is 190 Å². The van der Waals surface area contributed by atoms with Gasteiger partial charge in [0.15, 0.2) is 18.1 Å². The van der Waals surface area contributed by atoms with E-state index in [1.165, 1.54) is 12.1 Å². The highest BCUT2D eigenvalue weighted by molar-refractivity contribution is 6.34. The second kappa shape index (κ2) is 11.8. The van der Waals surface area contributed by atoms with E-state index >= 15 is 0 Å². The van der Waals surface area contributed by atoms with E-state index in [0.717, 1.165) is 0 Å². The molecule has 0 radical (unpaired) electrons. The van der Waals surface area contributed by atoms with Crippen LogP contribution in [0.5, 0.6) is 11.5 Å². The number of carbonyl (C=O) groups is 2. The summed E-state index contributed by atoms with van der Waals surface area (Å²) in [6.07, 6.45) is 1.36. The molecular formula is C22H20Cl2N2O5. The molecule has 2 aromatic rings. The first-order chi connectivity index (χ1) is 14.9. The molecule has 0 unspecified atom stereocenters. The molecule has 1 amide bonds. The Kier molecular flexibility index (Phi) is 9.19. The summed E-state index contributed by atoms with van der Waals surface area (Å²) in [5.41, 5.74) is 0.646. The van der Waals surface area contributed by atoms with Gasteiger partial charge in [0.25, 0.3) is 5.91 Å². The first-order valence-electron chi connectivity index (χ1n) is 9.32. The molecular weight excluding hydrogens is 443 g/mol. The summed E-state index contributed by atoms with van der Waals surface area (Å²) in [6.45, 7) is 3.64. The number of anilines is 1. The molecule has 0 bridgehead atoms. The molecule has 0 spiro atoms. The number of hydrogen-bond donors (Lipinski definition) is 1. The monoisotopic (exact) mass is 462 g/mol. The summed E-state index contributed by atoms with van der Waals surface area (Å²) >= 11 is 12.3. The van der Waals surface area contributed by atoms with Crippen LogP contribution < -0.4 is 14.8 Å². The van der Waals surface area contributed by atoms with Gasteiger partial charge in [-0.05, 0) is 49.8 Å². The lowest BCUT2D eigenvalue weighted by Crippen LogP contribution is -2.15. The van der Waals surface area contributed by atoms with E-state index < -0.39 is 11.9 Å². The number of nitriles is 1. The summed E-state index contributed by atoms with van der Waals surface area (Å²) in [6, 6.07) is 11.6. The minimum absolute atomic E-state index is 0.144. The molecule has 0 heterocycles. The van der Waals surface area contributed by atoms with Gasteiger partial charge in [0, 0.05) is 0 Å². The second-order valence-corrected chi connectivity index (χ2v) is 6.77. The molecule has 0 aliphatic rings. The third kappa shape index (κ3) is 6.92. The number of hydrogen-bond acceptors (Lipinski definition) is 6. The lowest BCUT2D eigenvalue weighted by molar-refractivity contribution is -0.145. The van der Waals surface area contributed by atoms with Crippen molar-refractivity contribution < 1.29 is 23.8 Å². The van der Waals surface area contributed by atoms with Crippen LogP contribution in [-0.2, 0) is 14.3 Å². The van der Waals surface area contributed by atoms with Gasteiger partial charge in [0.1, 0.15) is 11.6 Å². The lowest BCUT2D eigenvalue weighted by Gasteiger charge is -2.14. The van der Waals surface area contributed by atoms with Crippen LogP contribution in [0, 0.1) is 11.3 Å². The summed E-state index contributed by atoms with van der Waals surface area (Å²) < 4.78 is 15.8. The van der Waals surface area contributed by atoms with E-state index in [0.29, 0.717) is 22.9 Å². The first kappa shape index (κ1) is 24.1. The van der Waals surface area contributed by atoms with Crippen molar-refractivity contribution >= 4 is 46.8 Å². The minimum atomic E-state index is -0.632. The standard InChI is InChI=1S/C22H20Cl2N2O5/c1-3-29-19-11-14(10-17(24)21(19)31-13-20(27)30-4-2)9-15(12-25)22(28)26-18-8-6-5-7-16(18)23/h5-11H,3-4,13H2,1-2H3,(H,26,28)/b15-9+. The van der Waals surface area contributed by atoms with E-state index in [1.807, 2.05) is 6.07 Å². The molecule has 162 valence electrons. The van der Waals surface area contributed by atoms with E-state index in [-0.39, 0.29) is 35.3 Å². The molecule has 0 aliphatic heterocycles. The minimum Gasteiger partial charge on any atom is -0.490 e. The van der Waals surface area contributed by atoms with Gasteiger partial charge in [-0.15, -0.1) is 0 Å². The number of amides is 1. The molecule has 0 saturated heterocycles. The Morgan fingerprint density at radius 1 is 1.10 bits per heavy atom. The number of halogens is 2. The number of esters is 1. The van der Waals surface area contributed by atoms with Crippen molar-refractivity contribution in [3.8, 4) is 17.6 Å². The Morgan fingerprint density at radius 2 is 1.84 bits per heavy atom. The third-order valence-electron chi connectivity index (χ3n) is 3.77. The fraction of sp³-hybridized carbons (Fsp3) is 0.227. The van der Waals surface area contributed by atoms with Crippen molar-refractivity contribution in [3.05, 3.63) is 57.6 Å². The Balaban J connectivity index is 2.30. The summed E-state index contributed by atoms with van der Waals surface area (Å²) in [5.74, 6) is -0.762. The van der Waals surface area contributed by atoms with Gasteiger partial charge in [-0.25, -0.2) is 4.79 Å². The number of para-hydroxylation sites is 1. The van der Waals surface area contributed by atoms with E-state index in [9.17, 15) is 14.9 Å². The molecule has 0 atom stereocenters. The van der Waals surface area contributed by atoms with Gasteiger partial charge in [-0.1, -0.05) is 35.3 Å². The van der Waals surface area contributed by atoms with Gasteiger partial charge in [-0.3, -0.25) is 4.79 Å². The highest BCUT2D eigenvalue weighted by atomic mass is 35.5. The van der Waals surface area contributed by atoms with E-state index in [2.05, 4.69) is 5.32 Å². The quantitative estimate of drug-likeness (QED) is 0.324. The molecule has 9 heteroatoms. The molecule has 2 aromatic carbocycles. The van der Waals surface area contributed by atoms with Crippen LogP contribution >= 0.6 is 23.2 Å². The number of nitrogens with zero attached hydrogens (tertiary/aromatic N) is 1. The van der Waals surface area contributed by atoms with Crippen molar-refractivity contribution in [2.75, 3.05) is 25.1 Å². The van der Waals surface area contributed by atoms with Crippen molar-refractivity contribution in [1.82, 2.24) is 0 Å². The molecule has 0 saturated carbocycles. The molecule has 7 nitrogen and oxygen atoms in total. The maximum atomic E-state index is 12.5. The van der Waals surface area contributed by atoms with Gasteiger partial charge < -0.3 is 19.5 Å². The average molecular weight is 463 g/mol.